The van der Waals surface area contributed by atoms with Gasteiger partial charge in [-0.15, -0.1) is 0 Å². The maximum atomic E-state index is 13.4. The average Bonchev–Trinajstić information content (AvgIpc) is 2.85. The molecule has 0 aromatic heterocycles. The molecule has 35 heavy (non-hydrogen) atoms. The highest BCUT2D eigenvalue weighted by molar-refractivity contribution is 7.92. The van der Waals surface area contributed by atoms with Crippen LogP contribution in [0.3, 0.4) is 0 Å². The third-order valence-corrected chi connectivity index (χ3v) is 6.72. The highest BCUT2D eigenvalue weighted by atomic mass is 35.5. The van der Waals surface area contributed by atoms with E-state index in [1.54, 1.807) is 43.3 Å². The SMILES string of the molecule is CCOc1cc(/C=N\NC(=O)CN(c2cc(Cl)ccc2OC)S(=O)(=O)c2ccccc2)ccc1O. The van der Waals surface area contributed by atoms with Crippen LogP contribution in [0.15, 0.2) is 76.7 Å². The van der Waals surface area contributed by atoms with Gasteiger partial charge in [-0.05, 0) is 61.0 Å². The van der Waals surface area contributed by atoms with Crippen molar-refractivity contribution in [2.45, 2.75) is 11.8 Å². The molecule has 3 aromatic rings. The molecular formula is C24H24ClN3O6S. The molecule has 2 N–H and O–H groups in total. The maximum Gasteiger partial charge on any atom is 0.264 e. The second-order valence-electron chi connectivity index (χ2n) is 7.09. The topological polar surface area (TPSA) is 118 Å². The normalized spacial score (nSPS) is 11.3. The van der Waals surface area contributed by atoms with Crippen molar-refractivity contribution in [2.24, 2.45) is 5.10 Å². The molecule has 3 rings (SSSR count). The molecule has 184 valence electrons. The van der Waals surface area contributed by atoms with Crippen LogP contribution < -0.4 is 19.2 Å². The lowest BCUT2D eigenvalue weighted by molar-refractivity contribution is -0.119. The first-order chi connectivity index (χ1) is 16.8. The van der Waals surface area contributed by atoms with Crippen LogP contribution in [-0.2, 0) is 14.8 Å². The molecule has 0 heterocycles. The van der Waals surface area contributed by atoms with Gasteiger partial charge < -0.3 is 14.6 Å². The fourth-order valence-corrected chi connectivity index (χ4v) is 4.71. The smallest absolute Gasteiger partial charge is 0.264 e. The fraction of sp³-hybridized carbons (Fsp3) is 0.167. The number of phenolic OH excluding ortho intramolecular Hbond substituents is 1. The summed E-state index contributed by atoms with van der Waals surface area (Å²) in [7, 11) is -2.77. The quantitative estimate of drug-likeness (QED) is 0.312. The van der Waals surface area contributed by atoms with E-state index in [1.807, 2.05) is 0 Å². The Morgan fingerprint density at radius 3 is 2.54 bits per heavy atom. The van der Waals surface area contributed by atoms with Crippen LogP contribution in [0.25, 0.3) is 0 Å². The number of hydrazone groups is 1. The summed E-state index contributed by atoms with van der Waals surface area (Å²) in [4.78, 5) is 12.7. The first kappa shape index (κ1) is 25.9. The molecule has 9 nitrogen and oxygen atoms in total. The minimum absolute atomic E-state index is 0.00845. The number of nitrogens with one attached hydrogen (secondary N) is 1. The Morgan fingerprint density at radius 2 is 1.86 bits per heavy atom. The van der Waals surface area contributed by atoms with Gasteiger partial charge in [0.2, 0.25) is 0 Å². The molecule has 0 saturated carbocycles. The summed E-state index contributed by atoms with van der Waals surface area (Å²) in [5.74, 6) is -0.231. The predicted octanol–water partition coefficient (Wildman–Crippen LogP) is 3.80. The van der Waals surface area contributed by atoms with Crippen LogP contribution in [0.4, 0.5) is 5.69 Å². The van der Waals surface area contributed by atoms with Crippen molar-refractivity contribution in [1.29, 1.82) is 0 Å². The molecule has 0 saturated heterocycles. The van der Waals surface area contributed by atoms with E-state index in [9.17, 15) is 18.3 Å². The summed E-state index contributed by atoms with van der Waals surface area (Å²) in [5, 5.41) is 14.0. The van der Waals surface area contributed by atoms with Crippen LogP contribution in [0.5, 0.6) is 17.2 Å². The van der Waals surface area contributed by atoms with Gasteiger partial charge in [-0.1, -0.05) is 29.8 Å². The van der Waals surface area contributed by atoms with E-state index in [0.29, 0.717) is 12.2 Å². The van der Waals surface area contributed by atoms with Gasteiger partial charge in [-0.3, -0.25) is 9.10 Å². The third-order valence-electron chi connectivity index (χ3n) is 4.71. The van der Waals surface area contributed by atoms with Gasteiger partial charge in [0.05, 0.1) is 30.5 Å². The fourth-order valence-electron chi connectivity index (χ4n) is 3.10. The lowest BCUT2D eigenvalue weighted by atomic mass is 10.2. The van der Waals surface area contributed by atoms with Crippen molar-refractivity contribution in [1.82, 2.24) is 5.43 Å². The Bertz CT molecular complexity index is 1320. The summed E-state index contributed by atoms with van der Waals surface area (Å²) in [5.41, 5.74) is 2.97. The Kier molecular flexibility index (Phi) is 8.56. The number of rotatable bonds is 10. The van der Waals surface area contributed by atoms with E-state index < -0.39 is 22.5 Å². The molecule has 0 aliphatic rings. The summed E-state index contributed by atoms with van der Waals surface area (Å²) >= 11 is 6.12. The van der Waals surface area contributed by atoms with Crippen LogP contribution in [0.1, 0.15) is 12.5 Å². The van der Waals surface area contributed by atoms with Gasteiger partial charge in [0.1, 0.15) is 12.3 Å². The number of aromatic hydroxyl groups is 1. The second kappa shape index (κ2) is 11.6. The van der Waals surface area contributed by atoms with Crippen LogP contribution in [-0.4, -0.2) is 45.9 Å². The molecule has 3 aromatic carbocycles. The summed E-state index contributed by atoms with van der Waals surface area (Å²) < 4.78 is 38.4. The maximum absolute atomic E-state index is 13.4. The van der Waals surface area contributed by atoms with Crippen molar-refractivity contribution in [2.75, 3.05) is 24.6 Å². The number of benzene rings is 3. The number of carbonyl (C=O) groups excluding carboxylic acids is 1. The van der Waals surface area contributed by atoms with E-state index in [1.165, 1.54) is 43.7 Å². The second-order valence-corrected chi connectivity index (χ2v) is 9.39. The van der Waals surface area contributed by atoms with E-state index in [0.717, 1.165) is 4.31 Å². The minimum atomic E-state index is -4.15. The number of phenols is 1. The lowest BCUT2D eigenvalue weighted by Crippen LogP contribution is -2.39. The number of amides is 1. The molecule has 0 aliphatic heterocycles. The molecule has 0 unspecified atom stereocenters. The zero-order chi connectivity index (χ0) is 25.4. The zero-order valence-corrected chi connectivity index (χ0v) is 20.6. The Labute approximate surface area is 208 Å². The van der Waals surface area contributed by atoms with Crippen LogP contribution >= 0.6 is 11.6 Å². The van der Waals surface area contributed by atoms with Crippen molar-refractivity contribution in [3.63, 3.8) is 0 Å². The number of anilines is 1. The van der Waals surface area contributed by atoms with Gasteiger partial charge >= 0.3 is 0 Å². The van der Waals surface area contributed by atoms with Gasteiger partial charge in [-0.25, -0.2) is 13.8 Å². The Balaban J connectivity index is 1.87. The number of hydrogen-bond donors (Lipinski definition) is 2. The van der Waals surface area contributed by atoms with E-state index >= 15 is 0 Å². The monoisotopic (exact) mass is 517 g/mol. The number of sulfonamides is 1. The first-order valence-corrected chi connectivity index (χ1v) is 12.3. The van der Waals surface area contributed by atoms with Crippen molar-refractivity contribution in [3.05, 3.63) is 77.3 Å². The van der Waals surface area contributed by atoms with Crippen LogP contribution in [0, 0.1) is 0 Å². The number of methoxy groups -OCH3 is 1. The zero-order valence-electron chi connectivity index (χ0n) is 19.0. The summed E-state index contributed by atoms with van der Waals surface area (Å²) in [6.45, 7) is 1.55. The number of ether oxygens (including phenoxy) is 2. The summed E-state index contributed by atoms with van der Waals surface area (Å²) in [6, 6.07) is 16.7. The predicted molar refractivity (Wildman–Crippen MR) is 134 cm³/mol. The molecule has 0 spiro atoms. The standard InChI is InChI=1S/C24H24ClN3O6S/c1-3-34-23-13-17(9-11-21(23)29)15-26-27-24(30)16-28(20-14-18(25)10-12-22(20)33-2)35(31,32)19-7-5-4-6-8-19/h4-15,29H,3,16H2,1-2H3,(H,27,30)/b26-15-. The lowest BCUT2D eigenvalue weighted by Gasteiger charge is -2.25. The van der Waals surface area contributed by atoms with Crippen LogP contribution in [0.2, 0.25) is 5.02 Å². The van der Waals surface area contributed by atoms with E-state index in [2.05, 4.69) is 10.5 Å². The number of nitrogens with zero attached hydrogens (tertiary/aromatic N) is 2. The van der Waals surface area contributed by atoms with E-state index in [4.69, 9.17) is 21.1 Å². The molecule has 11 heteroatoms. The highest BCUT2D eigenvalue weighted by Crippen LogP contribution is 2.34. The minimum Gasteiger partial charge on any atom is -0.504 e. The highest BCUT2D eigenvalue weighted by Gasteiger charge is 2.29. The molecule has 0 bridgehead atoms. The van der Waals surface area contributed by atoms with Crippen molar-refractivity contribution in [3.8, 4) is 17.2 Å². The Hall–Kier alpha value is -3.76. The van der Waals surface area contributed by atoms with Gasteiger partial charge in [0.15, 0.2) is 11.5 Å². The van der Waals surface area contributed by atoms with Crippen molar-refractivity contribution < 1.29 is 27.8 Å². The number of hydrogen-bond acceptors (Lipinski definition) is 7. The number of carbonyl (C=O) groups is 1. The number of halogens is 1. The van der Waals surface area contributed by atoms with Gasteiger partial charge in [0.25, 0.3) is 15.9 Å². The summed E-state index contributed by atoms with van der Waals surface area (Å²) in [6.07, 6.45) is 1.34. The molecule has 0 radical (unpaired) electrons. The third kappa shape index (κ3) is 6.43. The molecular weight excluding hydrogens is 494 g/mol. The van der Waals surface area contributed by atoms with Crippen molar-refractivity contribution >= 4 is 39.4 Å². The van der Waals surface area contributed by atoms with E-state index in [-0.39, 0.29) is 32.9 Å². The Morgan fingerprint density at radius 1 is 1.11 bits per heavy atom. The van der Waals surface area contributed by atoms with Gasteiger partial charge in [-0.2, -0.15) is 5.10 Å². The molecule has 0 fully saturated rings. The molecule has 0 aliphatic carbocycles. The molecule has 1 amide bonds. The molecule has 0 atom stereocenters. The first-order valence-electron chi connectivity index (χ1n) is 10.4. The largest absolute Gasteiger partial charge is 0.504 e. The average molecular weight is 518 g/mol. The van der Waals surface area contributed by atoms with Gasteiger partial charge in [0, 0.05) is 5.02 Å².